The lowest BCUT2D eigenvalue weighted by molar-refractivity contribution is -0.133. The Morgan fingerprint density at radius 2 is 2.15 bits per heavy atom. The van der Waals surface area contributed by atoms with Gasteiger partial charge in [0.15, 0.2) is 0 Å². The van der Waals surface area contributed by atoms with Gasteiger partial charge in [-0.25, -0.2) is 0 Å². The molecule has 1 aromatic rings. The lowest BCUT2D eigenvalue weighted by Crippen LogP contribution is -2.58. The van der Waals surface area contributed by atoms with Crippen molar-refractivity contribution in [3.63, 3.8) is 0 Å². The molecule has 4 atom stereocenters. The summed E-state index contributed by atoms with van der Waals surface area (Å²) in [6, 6.07) is 0.376. The van der Waals surface area contributed by atoms with Crippen LogP contribution in [0.15, 0.2) is 6.20 Å². The number of aliphatic hydroxyl groups is 1. The molecule has 0 radical (unpaired) electrons. The summed E-state index contributed by atoms with van der Waals surface area (Å²) >= 11 is 0. The standard InChI is InChI=1S/C17H28N6O3/c1-12(25)18-4-5-19-17(26)16-11-22-6-2-13(16)8-15(22)10-23-9-14(3-7-24)20-21-23/h9,13,15-16,24H,2-8,10-11H2,1H3,(H,18,25)(H,19,26)/t13-,15-,16+/m1/s1. The zero-order chi connectivity index (χ0) is 18.5. The molecular formula is C17H28N6O3. The molecule has 3 saturated heterocycles. The van der Waals surface area contributed by atoms with Crippen LogP contribution in [0.5, 0.6) is 0 Å². The molecule has 3 fully saturated rings. The number of nitrogens with zero attached hydrogens (tertiary/aromatic N) is 4. The maximum atomic E-state index is 12.5. The van der Waals surface area contributed by atoms with Crippen molar-refractivity contribution in [3.8, 4) is 0 Å². The number of amides is 2. The second-order valence-electron chi connectivity index (χ2n) is 7.22. The Hall–Kier alpha value is -2.00. The van der Waals surface area contributed by atoms with Crippen molar-refractivity contribution in [2.75, 3.05) is 32.8 Å². The SMILES string of the molecule is CC(=O)NCCNC(=O)[C@H]1CN2CC[C@@H]1C[C@@H]2Cn1cc(CCO)nn1. The van der Waals surface area contributed by atoms with Crippen LogP contribution >= 0.6 is 0 Å². The number of rotatable bonds is 8. The average Bonchev–Trinajstić information content (AvgIpc) is 3.06. The summed E-state index contributed by atoms with van der Waals surface area (Å²) in [7, 11) is 0. The molecule has 26 heavy (non-hydrogen) atoms. The fourth-order valence-electron chi connectivity index (χ4n) is 4.05. The molecule has 3 N–H and O–H groups in total. The summed E-state index contributed by atoms with van der Waals surface area (Å²) in [4.78, 5) is 25.7. The summed E-state index contributed by atoms with van der Waals surface area (Å²) in [6.45, 7) is 5.05. The number of piperidine rings is 3. The molecular weight excluding hydrogens is 336 g/mol. The lowest BCUT2D eigenvalue weighted by Gasteiger charge is -2.49. The van der Waals surface area contributed by atoms with E-state index in [0.29, 0.717) is 31.5 Å². The van der Waals surface area contributed by atoms with Crippen molar-refractivity contribution >= 4 is 11.8 Å². The van der Waals surface area contributed by atoms with Crippen LogP contribution in [-0.2, 0) is 22.6 Å². The minimum absolute atomic E-state index is 0.0259. The molecule has 3 aliphatic heterocycles. The average molecular weight is 364 g/mol. The Morgan fingerprint density at radius 3 is 2.85 bits per heavy atom. The van der Waals surface area contributed by atoms with E-state index in [1.165, 1.54) is 6.92 Å². The number of nitrogens with one attached hydrogen (secondary N) is 2. The molecule has 1 unspecified atom stereocenters. The van der Waals surface area contributed by atoms with Crippen molar-refractivity contribution in [1.29, 1.82) is 0 Å². The normalized spacial score (nSPS) is 27.3. The van der Waals surface area contributed by atoms with Gasteiger partial charge in [-0.15, -0.1) is 5.10 Å². The van der Waals surface area contributed by atoms with Crippen LogP contribution in [0.25, 0.3) is 0 Å². The highest BCUT2D eigenvalue weighted by Gasteiger charge is 2.43. The van der Waals surface area contributed by atoms with Gasteiger partial charge in [0.1, 0.15) is 0 Å². The van der Waals surface area contributed by atoms with Gasteiger partial charge in [-0.2, -0.15) is 0 Å². The molecule has 9 heteroatoms. The Morgan fingerprint density at radius 1 is 1.35 bits per heavy atom. The van der Waals surface area contributed by atoms with E-state index < -0.39 is 0 Å². The van der Waals surface area contributed by atoms with Crippen molar-refractivity contribution in [3.05, 3.63) is 11.9 Å². The number of aromatic nitrogens is 3. The highest BCUT2D eigenvalue weighted by Crippen LogP contribution is 2.36. The molecule has 9 nitrogen and oxygen atoms in total. The number of carbonyl (C=O) groups excluding carboxylic acids is 2. The third-order valence-electron chi connectivity index (χ3n) is 5.37. The monoisotopic (exact) mass is 364 g/mol. The maximum Gasteiger partial charge on any atom is 0.224 e. The third-order valence-corrected chi connectivity index (χ3v) is 5.37. The lowest BCUT2D eigenvalue weighted by atomic mass is 9.75. The first-order valence-electron chi connectivity index (χ1n) is 9.33. The highest BCUT2D eigenvalue weighted by molar-refractivity contribution is 5.79. The van der Waals surface area contributed by atoms with Gasteiger partial charge < -0.3 is 15.7 Å². The molecule has 0 aromatic carbocycles. The largest absolute Gasteiger partial charge is 0.396 e. The minimum atomic E-state index is -0.0832. The summed E-state index contributed by atoms with van der Waals surface area (Å²) in [5.74, 6) is 0.430. The van der Waals surface area contributed by atoms with Gasteiger partial charge in [-0.1, -0.05) is 5.21 Å². The summed E-state index contributed by atoms with van der Waals surface area (Å²) < 4.78 is 1.85. The maximum absolute atomic E-state index is 12.5. The number of aliphatic hydroxyl groups excluding tert-OH is 1. The molecule has 4 rings (SSSR count). The van der Waals surface area contributed by atoms with Crippen LogP contribution in [0, 0.1) is 11.8 Å². The Bertz CT molecular complexity index is 634. The summed E-state index contributed by atoms with van der Waals surface area (Å²) in [5.41, 5.74) is 0.805. The van der Waals surface area contributed by atoms with E-state index >= 15 is 0 Å². The number of hydrogen-bond acceptors (Lipinski definition) is 6. The molecule has 0 aliphatic carbocycles. The van der Waals surface area contributed by atoms with Crippen LogP contribution in [-0.4, -0.2) is 75.6 Å². The molecule has 144 valence electrons. The Kier molecular flexibility index (Phi) is 6.20. The van der Waals surface area contributed by atoms with E-state index in [0.717, 1.165) is 38.2 Å². The van der Waals surface area contributed by atoms with E-state index in [1.54, 1.807) is 0 Å². The van der Waals surface area contributed by atoms with Gasteiger partial charge in [0.2, 0.25) is 11.8 Å². The zero-order valence-electron chi connectivity index (χ0n) is 15.2. The topological polar surface area (TPSA) is 112 Å². The molecule has 0 saturated carbocycles. The molecule has 0 spiro atoms. The third kappa shape index (κ3) is 4.59. The number of hydrogen-bond donors (Lipinski definition) is 3. The zero-order valence-corrected chi connectivity index (χ0v) is 15.2. The number of fused-ring (bicyclic) bond motifs is 3. The molecule has 3 aliphatic rings. The van der Waals surface area contributed by atoms with Crippen molar-refractivity contribution < 1.29 is 14.7 Å². The predicted octanol–water partition coefficient (Wildman–Crippen LogP) is -1.22. The van der Waals surface area contributed by atoms with E-state index in [-0.39, 0.29) is 24.3 Å². The Balaban J connectivity index is 1.49. The van der Waals surface area contributed by atoms with E-state index in [9.17, 15) is 9.59 Å². The van der Waals surface area contributed by atoms with Gasteiger partial charge in [-0.05, 0) is 25.3 Å². The minimum Gasteiger partial charge on any atom is -0.396 e. The first kappa shape index (κ1) is 18.8. The quantitative estimate of drug-likeness (QED) is 0.498. The van der Waals surface area contributed by atoms with Crippen LogP contribution in [0.3, 0.4) is 0 Å². The first-order chi connectivity index (χ1) is 12.6. The molecule has 1 aromatic heterocycles. The van der Waals surface area contributed by atoms with Crippen LogP contribution in [0.2, 0.25) is 0 Å². The van der Waals surface area contributed by atoms with Gasteiger partial charge in [-0.3, -0.25) is 19.2 Å². The second kappa shape index (κ2) is 8.59. The van der Waals surface area contributed by atoms with Gasteiger partial charge >= 0.3 is 0 Å². The van der Waals surface area contributed by atoms with Crippen LogP contribution in [0.1, 0.15) is 25.5 Å². The predicted molar refractivity (Wildman–Crippen MR) is 94.1 cm³/mol. The fourth-order valence-corrected chi connectivity index (χ4v) is 4.05. The van der Waals surface area contributed by atoms with Gasteiger partial charge in [0.05, 0.1) is 18.2 Å². The van der Waals surface area contributed by atoms with Crippen LogP contribution in [0.4, 0.5) is 0 Å². The molecule has 2 amide bonds. The number of carbonyl (C=O) groups is 2. The van der Waals surface area contributed by atoms with Gasteiger partial charge in [0.25, 0.3) is 0 Å². The molecule has 4 heterocycles. The summed E-state index contributed by atoms with van der Waals surface area (Å²) in [5, 5.41) is 22.8. The van der Waals surface area contributed by atoms with Crippen molar-refractivity contribution in [2.24, 2.45) is 11.8 Å². The van der Waals surface area contributed by atoms with E-state index in [4.69, 9.17) is 5.11 Å². The molecule has 2 bridgehead atoms. The van der Waals surface area contributed by atoms with E-state index in [1.807, 2.05) is 10.9 Å². The smallest absolute Gasteiger partial charge is 0.224 e. The van der Waals surface area contributed by atoms with Crippen molar-refractivity contribution in [2.45, 2.75) is 38.8 Å². The van der Waals surface area contributed by atoms with Crippen molar-refractivity contribution in [1.82, 2.24) is 30.5 Å². The summed E-state index contributed by atoms with van der Waals surface area (Å²) in [6.07, 6.45) is 4.45. The fraction of sp³-hybridized carbons (Fsp3) is 0.765. The van der Waals surface area contributed by atoms with Gasteiger partial charge in [0, 0.05) is 51.8 Å². The second-order valence-corrected chi connectivity index (χ2v) is 7.22. The highest BCUT2D eigenvalue weighted by atomic mass is 16.3. The van der Waals surface area contributed by atoms with Crippen LogP contribution < -0.4 is 10.6 Å². The first-order valence-corrected chi connectivity index (χ1v) is 9.33. The Labute approximate surface area is 153 Å². The van der Waals surface area contributed by atoms with E-state index in [2.05, 4.69) is 25.8 Å².